The fourth-order valence-corrected chi connectivity index (χ4v) is 7.92. The van der Waals surface area contributed by atoms with Gasteiger partial charge in [-0.05, 0) is 89.7 Å². The van der Waals surface area contributed by atoms with Crippen molar-refractivity contribution in [1.82, 2.24) is 0 Å². The van der Waals surface area contributed by atoms with Crippen LogP contribution in [0.15, 0.2) is 152 Å². The fourth-order valence-electron chi connectivity index (χ4n) is 7.79. The van der Waals surface area contributed by atoms with E-state index in [1.165, 1.54) is 77.5 Å². The van der Waals surface area contributed by atoms with Gasteiger partial charge in [0.15, 0.2) is 0 Å². The Morgan fingerprint density at radius 2 is 0.881 bits per heavy atom. The predicted octanol–water partition coefficient (Wildman–Crippen LogP) is 11.2. The van der Waals surface area contributed by atoms with Crippen molar-refractivity contribution in [1.29, 1.82) is 0 Å². The quantitative estimate of drug-likeness (QED) is 0.200. The smallest absolute Gasteiger partial charge is 0.0725 e. The van der Waals surface area contributed by atoms with Gasteiger partial charge in [0, 0.05) is 5.02 Å². The first-order valence-corrected chi connectivity index (χ1v) is 14.9. The molecular formula is C41H25Cl. The number of hydrogen-bond acceptors (Lipinski definition) is 0. The molecule has 0 aliphatic heterocycles. The highest BCUT2D eigenvalue weighted by molar-refractivity contribution is 6.30. The summed E-state index contributed by atoms with van der Waals surface area (Å²) in [5.41, 5.74) is 15.3. The lowest BCUT2D eigenvalue weighted by molar-refractivity contribution is 0.794. The van der Waals surface area contributed by atoms with E-state index in [-0.39, 0.29) is 5.41 Å². The largest absolute Gasteiger partial charge is 0.0843 e. The van der Waals surface area contributed by atoms with Crippen LogP contribution in [0.3, 0.4) is 0 Å². The third kappa shape index (κ3) is 3.03. The lowest BCUT2D eigenvalue weighted by Gasteiger charge is -2.30. The van der Waals surface area contributed by atoms with Crippen molar-refractivity contribution in [3.63, 3.8) is 0 Å². The Kier molecular flexibility index (Phi) is 4.97. The van der Waals surface area contributed by atoms with Crippen LogP contribution in [-0.2, 0) is 5.41 Å². The van der Waals surface area contributed by atoms with Gasteiger partial charge in [0.1, 0.15) is 0 Å². The van der Waals surface area contributed by atoms with Gasteiger partial charge < -0.3 is 0 Å². The minimum atomic E-state index is -0.355. The summed E-state index contributed by atoms with van der Waals surface area (Å²) in [6.45, 7) is 0. The van der Waals surface area contributed by atoms with Gasteiger partial charge in [0.2, 0.25) is 0 Å². The molecule has 0 unspecified atom stereocenters. The lowest BCUT2D eigenvalue weighted by Crippen LogP contribution is -2.25. The maximum Gasteiger partial charge on any atom is 0.0725 e. The molecule has 0 N–H and O–H groups in total. The minimum absolute atomic E-state index is 0.355. The topological polar surface area (TPSA) is 0 Å². The molecule has 0 saturated carbocycles. The van der Waals surface area contributed by atoms with Crippen LogP contribution in [0.1, 0.15) is 22.3 Å². The molecule has 0 aromatic heterocycles. The molecule has 0 bridgehead atoms. The number of hydrogen-bond donors (Lipinski definition) is 0. The summed E-state index contributed by atoms with van der Waals surface area (Å²) >= 11 is 6.36. The zero-order valence-electron chi connectivity index (χ0n) is 22.8. The molecule has 2 aliphatic carbocycles. The van der Waals surface area contributed by atoms with E-state index < -0.39 is 0 Å². The zero-order chi connectivity index (χ0) is 27.8. The second-order valence-corrected chi connectivity index (χ2v) is 11.8. The maximum absolute atomic E-state index is 6.36. The van der Waals surface area contributed by atoms with E-state index in [9.17, 15) is 0 Å². The van der Waals surface area contributed by atoms with Gasteiger partial charge >= 0.3 is 0 Å². The van der Waals surface area contributed by atoms with Crippen LogP contribution in [0.25, 0.3) is 55.3 Å². The summed E-state index contributed by atoms with van der Waals surface area (Å²) in [5.74, 6) is 0. The first-order chi connectivity index (χ1) is 20.8. The van der Waals surface area contributed by atoms with Gasteiger partial charge in [-0.15, -0.1) is 0 Å². The maximum atomic E-state index is 6.36. The van der Waals surface area contributed by atoms with Gasteiger partial charge in [-0.25, -0.2) is 0 Å². The standard InChI is InChI=1S/C41H25Cl/c42-28-23-20-27(21-24-28)39-29-11-2-1-10-26(29)22-25-33(39)32-15-9-19-38-40(32)34-14-5-8-18-37(34)41(38)35-16-6-3-12-30(35)31-13-4-7-17-36(31)41/h1-25H. The van der Waals surface area contributed by atoms with E-state index >= 15 is 0 Å². The van der Waals surface area contributed by atoms with Gasteiger partial charge in [0.05, 0.1) is 5.41 Å². The molecule has 1 spiro atoms. The molecule has 1 heteroatoms. The van der Waals surface area contributed by atoms with E-state index in [0.717, 1.165) is 5.02 Å². The Labute approximate surface area is 250 Å². The summed E-state index contributed by atoms with van der Waals surface area (Å²) in [6.07, 6.45) is 0. The molecule has 0 saturated heterocycles. The van der Waals surface area contributed by atoms with Crippen LogP contribution in [0.5, 0.6) is 0 Å². The van der Waals surface area contributed by atoms with E-state index in [0.29, 0.717) is 0 Å². The normalized spacial score (nSPS) is 13.5. The second kappa shape index (κ2) is 8.79. The molecule has 0 radical (unpaired) electrons. The van der Waals surface area contributed by atoms with Crippen molar-refractivity contribution in [3.8, 4) is 44.5 Å². The molecule has 42 heavy (non-hydrogen) atoms. The second-order valence-electron chi connectivity index (χ2n) is 11.3. The molecule has 7 aromatic rings. The van der Waals surface area contributed by atoms with Crippen molar-refractivity contribution in [3.05, 3.63) is 179 Å². The Balaban J connectivity index is 1.42. The Hall–Kier alpha value is -4.91. The van der Waals surface area contributed by atoms with Crippen LogP contribution in [0, 0.1) is 0 Å². The minimum Gasteiger partial charge on any atom is -0.0843 e. The molecule has 0 amide bonds. The van der Waals surface area contributed by atoms with Crippen LogP contribution >= 0.6 is 11.6 Å². The van der Waals surface area contributed by atoms with Gasteiger partial charge in [-0.2, -0.15) is 0 Å². The van der Waals surface area contributed by atoms with Crippen molar-refractivity contribution >= 4 is 22.4 Å². The number of fused-ring (bicyclic) bond motifs is 11. The summed E-state index contributed by atoms with van der Waals surface area (Å²) in [6, 6.07) is 55.5. The van der Waals surface area contributed by atoms with E-state index in [2.05, 4.69) is 140 Å². The average Bonchev–Trinajstić information content (AvgIpc) is 3.52. The molecule has 7 aromatic carbocycles. The molecular weight excluding hydrogens is 528 g/mol. The van der Waals surface area contributed by atoms with Crippen LogP contribution in [0.2, 0.25) is 5.02 Å². The Bertz CT molecular complexity index is 2160. The first kappa shape index (κ1) is 23.8. The monoisotopic (exact) mass is 552 g/mol. The van der Waals surface area contributed by atoms with E-state index in [4.69, 9.17) is 11.6 Å². The zero-order valence-corrected chi connectivity index (χ0v) is 23.6. The molecule has 0 fully saturated rings. The third-order valence-electron chi connectivity index (χ3n) is 9.37. The van der Waals surface area contributed by atoms with Crippen molar-refractivity contribution in [2.24, 2.45) is 0 Å². The van der Waals surface area contributed by atoms with Gasteiger partial charge in [-0.3, -0.25) is 0 Å². The number of rotatable bonds is 2. The average molecular weight is 553 g/mol. The summed E-state index contributed by atoms with van der Waals surface area (Å²) in [4.78, 5) is 0. The molecule has 9 rings (SSSR count). The number of benzene rings is 7. The highest BCUT2D eigenvalue weighted by atomic mass is 35.5. The molecule has 196 valence electrons. The SMILES string of the molecule is Clc1ccc(-c2c(-c3cccc4c3-c3ccccc3C43c4ccccc4-c4ccccc43)ccc3ccccc23)cc1. The summed E-state index contributed by atoms with van der Waals surface area (Å²) in [7, 11) is 0. The molecule has 0 heterocycles. The highest BCUT2D eigenvalue weighted by Gasteiger charge is 2.51. The number of halogens is 1. The van der Waals surface area contributed by atoms with Crippen LogP contribution in [-0.4, -0.2) is 0 Å². The Morgan fingerprint density at radius 1 is 0.357 bits per heavy atom. The van der Waals surface area contributed by atoms with E-state index in [1.807, 2.05) is 12.1 Å². The summed E-state index contributed by atoms with van der Waals surface area (Å²) < 4.78 is 0. The fraction of sp³-hybridized carbons (Fsp3) is 0.0244. The van der Waals surface area contributed by atoms with Crippen LogP contribution in [0.4, 0.5) is 0 Å². The molecule has 2 aliphatic rings. The Morgan fingerprint density at radius 3 is 1.60 bits per heavy atom. The lowest BCUT2D eigenvalue weighted by atomic mass is 9.70. The molecule has 0 nitrogen and oxygen atoms in total. The van der Waals surface area contributed by atoms with Crippen molar-refractivity contribution in [2.45, 2.75) is 5.41 Å². The first-order valence-electron chi connectivity index (χ1n) is 14.5. The van der Waals surface area contributed by atoms with Crippen LogP contribution < -0.4 is 0 Å². The van der Waals surface area contributed by atoms with E-state index in [1.54, 1.807) is 0 Å². The van der Waals surface area contributed by atoms with Crippen molar-refractivity contribution < 1.29 is 0 Å². The highest BCUT2D eigenvalue weighted by Crippen LogP contribution is 2.64. The van der Waals surface area contributed by atoms with Crippen molar-refractivity contribution in [2.75, 3.05) is 0 Å². The van der Waals surface area contributed by atoms with Gasteiger partial charge in [-0.1, -0.05) is 151 Å². The van der Waals surface area contributed by atoms with Gasteiger partial charge in [0.25, 0.3) is 0 Å². The third-order valence-corrected chi connectivity index (χ3v) is 9.63. The molecule has 0 atom stereocenters. The predicted molar refractivity (Wildman–Crippen MR) is 176 cm³/mol. The summed E-state index contributed by atoms with van der Waals surface area (Å²) in [5, 5.41) is 3.22.